The number of para-hydroxylation sites is 1. The normalized spacial score (nSPS) is 17.1. The Morgan fingerprint density at radius 3 is 1.65 bits per heavy atom. The average molecular weight is 958 g/mol. The lowest BCUT2D eigenvalue weighted by Crippen LogP contribution is -2.17. The van der Waals surface area contributed by atoms with Gasteiger partial charge in [0.25, 0.3) is 0 Å². The molecule has 0 spiro atoms. The molecule has 0 fully saturated rings. The number of fused-ring (bicyclic) bond motifs is 1. The van der Waals surface area contributed by atoms with E-state index >= 15 is 0 Å². The number of aromatic nitrogens is 3. The van der Waals surface area contributed by atoms with Crippen molar-refractivity contribution in [3.8, 4) is 67.5 Å². The van der Waals surface area contributed by atoms with Crippen LogP contribution in [-0.4, -0.2) is 19.6 Å². The molecule has 2 heterocycles. The smallest absolute Gasteiger partial charge is 0.149 e. The van der Waals surface area contributed by atoms with E-state index in [4.69, 9.17) is 25.0 Å². The number of hydrogen-bond acceptors (Lipinski definition) is 3. The van der Waals surface area contributed by atoms with Crippen LogP contribution in [0.4, 0.5) is 0 Å². The number of aryl methyl sites for hydroxylation is 1. The summed E-state index contributed by atoms with van der Waals surface area (Å²) in [6.45, 7) is 17.3. The fourth-order valence-electron chi connectivity index (χ4n) is 8.89. The topological polar surface area (TPSA) is 50.9 Å². The number of benzene rings is 6. The van der Waals surface area contributed by atoms with Gasteiger partial charge in [0.15, 0.2) is 0 Å². The summed E-state index contributed by atoms with van der Waals surface area (Å²) >= 11 is 0. The third kappa shape index (κ3) is 10.4. The Morgan fingerprint density at radius 2 is 1.06 bits per heavy atom. The van der Waals surface area contributed by atoms with Crippen LogP contribution in [0.2, 0.25) is 0 Å². The van der Waals surface area contributed by atoms with Crippen LogP contribution in [-0.2, 0) is 32.5 Å². The van der Waals surface area contributed by atoms with E-state index in [9.17, 15) is 12.0 Å². The molecular weight excluding hydrogens is 863 g/mol. The molecule has 0 aliphatic rings. The van der Waals surface area contributed by atoms with Crippen LogP contribution < -0.4 is 0 Å². The highest BCUT2D eigenvalue weighted by molar-refractivity contribution is 5.97. The monoisotopic (exact) mass is 958 g/mol. The van der Waals surface area contributed by atoms with Gasteiger partial charge in [-0.05, 0) is 149 Å². The number of imidazole rings is 1. The van der Waals surface area contributed by atoms with Gasteiger partial charge in [-0.2, -0.15) is 0 Å². The van der Waals surface area contributed by atoms with E-state index in [2.05, 4.69) is 80.5 Å². The minimum atomic E-state index is -3.84. The number of phenols is 1. The Kier molecular flexibility index (Phi) is 8.56. The van der Waals surface area contributed by atoms with E-state index < -0.39 is 78.8 Å². The maximum absolute atomic E-state index is 12.7. The molecule has 0 bridgehead atoms. The standard InChI is InChI=1S/C67H79N3O/c1-41-31-43(45-33-50(64(8,9)10)38-51(34-45)65(11,12)13)25-28-57(41)70-58-22-20-21-53(59(58)69-61(70)54-39-52(66(14,15)16)40-55(60(54)71)67(17,18)19)46-32-47(36-49(35-46)63(5,6)7)56-37-44(29-30-68-56)42-23-26-48(27-24-42)62(2,3)4/h20-40,71H,1-19H3/i1D3,2D3,3D3,4D3,23D,24D,26D,27D. The zero-order chi connectivity index (χ0) is 65.4. The molecule has 1 N–H and O–H groups in total. The highest BCUT2D eigenvalue weighted by atomic mass is 16.3. The highest BCUT2D eigenvalue weighted by Crippen LogP contribution is 2.46. The van der Waals surface area contributed by atoms with E-state index in [1.807, 2.05) is 107 Å². The fraction of sp³-hybridized carbons (Fsp3) is 0.373. The van der Waals surface area contributed by atoms with Crippen molar-refractivity contribution in [1.82, 2.24) is 14.5 Å². The Labute approximate surface area is 449 Å². The third-order valence-electron chi connectivity index (χ3n) is 13.4. The second kappa shape index (κ2) is 17.8. The summed E-state index contributed by atoms with van der Waals surface area (Å²) in [4.78, 5) is 10.2. The van der Waals surface area contributed by atoms with Crippen molar-refractivity contribution in [3.63, 3.8) is 0 Å². The molecule has 4 nitrogen and oxygen atoms in total. The molecule has 0 saturated heterocycles. The molecule has 71 heavy (non-hydrogen) atoms. The molecule has 6 aromatic carbocycles. The first-order valence-corrected chi connectivity index (χ1v) is 24.4. The van der Waals surface area contributed by atoms with E-state index in [0.717, 1.165) is 33.4 Å². The van der Waals surface area contributed by atoms with Crippen LogP contribution >= 0.6 is 0 Å². The van der Waals surface area contributed by atoms with Crippen molar-refractivity contribution < 1.29 is 27.0 Å². The summed E-state index contributed by atoms with van der Waals surface area (Å²) in [5.74, 6) is 0.302. The van der Waals surface area contributed by atoms with Crippen molar-refractivity contribution in [1.29, 1.82) is 0 Å². The molecule has 0 amide bonds. The number of hydrogen-bond donors (Lipinski definition) is 1. The summed E-state index contributed by atoms with van der Waals surface area (Å²) < 4.78 is 141. The molecular formula is C67H79N3O. The van der Waals surface area contributed by atoms with Gasteiger partial charge in [0.1, 0.15) is 11.6 Å². The summed E-state index contributed by atoms with van der Waals surface area (Å²) in [6, 6.07) is 26.5. The summed E-state index contributed by atoms with van der Waals surface area (Å²) in [7, 11) is 0. The van der Waals surface area contributed by atoms with Crippen LogP contribution in [0, 0.1) is 6.85 Å². The Bertz CT molecular complexity index is 3920. The zero-order valence-electron chi connectivity index (χ0n) is 60.1. The van der Waals surface area contributed by atoms with Crippen LogP contribution in [0.1, 0.15) is 185 Å². The lowest BCUT2D eigenvalue weighted by Gasteiger charge is -2.27. The van der Waals surface area contributed by atoms with Crippen LogP contribution in [0.25, 0.3) is 72.7 Å². The largest absolute Gasteiger partial charge is 0.507 e. The van der Waals surface area contributed by atoms with Gasteiger partial charge in [-0.15, -0.1) is 0 Å². The van der Waals surface area contributed by atoms with Crippen molar-refractivity contribution in [2.75, 3.05) is 0 Å². The van der Waals surface area contributed by atoms with Crippen LogP contribution in [0.5, 0.6) is 5.75 Å². The first-order valence-electron chi connectivity index (χ1n) is 32.4. The predicted molar refractivity (Wildman–Crippen MR) is 305 cm³/mol. The van der Waals surface area contributed by atoms with E-state index in [0.29, 0.717) is 56.1 Å². The maximum atomic E-state index is 12.7. The van der Waals surface area contributed by atoms with Gasteiger partial charge in [0.05, 0.1) is 33.5 Å². The number of phenolic OH excluding ortho intramolecular Hbond substituents is 1. The number of aromatic hydroxyl groups is 1. The Hall–Kier alpha value is -6.26. The maximum Gasteiger partial charge on any atom is 0.149 e. The molecule has 8 rings (SSSR count). The molecule has 0 saturated carbocycles. The second-order valence-corrected chi connectivity index (χ2v) is 24.4. The second-order valence-electron chi connectivity index (χ2n) is 24.4. The van der Waals surface area contributed by atoms with Gasteiger partial charge in [-0.25, -0.2) is 4.98 Å². The number of nitrogens with zero attached hydrogens (tertiary/aromatic N) is 3. The van der Waals surface area contributed by atoms with E-state index in [1.165, 1.54) is 18.3 Å². The van der Waals surface area contributed by atoms with Gasteiger partial charge in [-0.1, -0.05) is 197 Å². The lowest BCUT2D eigenvalue weighted by atomic mass is 9.78. The molecule has 0 aliphatic heterocycles. The average Bonchev–Trinajstić information content (AvgIpc) is 1.02. The van der Waals surface area contributed by atoms with Crippen molar-refractivity contribution >= 4 is 11.0 Å². The fourth-order valence-corrected chi connectivity index (χ4v) is 8.89. The lowest BCUT2D eigenvalue weighted by molar-refractivity contribution is 0.446. The molecule has 0 aliphatic carbocycles. The van der Waals surface area contributed by atoms with Gasteiger partial charge in [-0.3, -0.25) is 9.55 Å². The van der Waals surface area contributed by atoms with Gasteiger partial charge < -0.3 is 5.11 Å². The minimum Gasteiger partial charge on any atom is -0.507 e. The summed E-state index contributed by atoms with van der Waals surface area (Å²) in [6.07, 6.45) is 1.41. The molecule has 4 heteroatoms. The highest BCUT2D eigenvalue weighted by Gasteiger charge is 2.30. The van der Waals surface area contributed by atoms with Crippen molar-refractivity contribution in [2.24, 2.45) is 0 Å². The molecule has 0 radical (unpaired) electrons. The molecule has 368 valence electrons. The third-order valence-corrected chi connectivity index (χ3v) is 13.4. The summed E-state index contributed by atoms with van der Waals surface area (Å²) in [5.41, 5.74) is 3.09. The van der Waals surface area contributed by atoms with Gasteiger partial charge in [0, 0.05) is 39.3 Å². The summed E-state index contributed by atoms with van der Waals surface area (Å²) in [5, 5.41) is 12.7. The first kappa shape index (κ1) is 34.2. The minimum absolute atomic E-state index is 0.000110. The first-order chi connectivity index (χ1) is 39.4. The number of pyridine rings is 1. The number of rotatable bonds is 6. The van der Waals surface area contributed by atoms with Crippen LogP contribution in [0.3, 0.4) is 0 Å². The SMILES string of the molecule is [2H]c1c([2H])c(C(C([2H])([2H])[2H])(C([2H])([2H])[2H])C([2H])([2H])[2H])c([2H])c([2H])c1-c1ccnc(-c2cc(-c3cccc4c3nc(-c3cc(C(C)(C)C)cc(C(C)(C)C)c3O)n4-c3ccc(-c4cc(C(C)(C)C)cc(C(C)(C)C)c4)cc3C([2H])([2H])[2H])cc(C(C)(C)C)c2)c1. The van der Waals surface area contributed by atoms with Gasteiger partial charge >= 0.3 is 0 Å². The van der Waals surface area contributed by atoms with Gasteiger partial charge in [0.2, 0.25) is 0 Å². The zero-order valence-corrected chi connectivity index (χ0v) is 44.1. The van der Waals surface area contributed by atoms with Crippen LogP contribution in [0.15, 0.2) is 127 Å². The quantitative estimate of drug-likeness (QED) is 0.181. The van der Waals surface area contributed by atoms with E-state index in [1.54, 1.807) is 6.07 Å². The Morgan fingerprint density at radius 1 is 0.479 bits per heavy atom. The predicted octanol–water partition coefficient (Wildman–Crippen LogP) is 18.6. The van der Waals surface area contributed by atoms with Crippen molar-refractivity contribution in [3.05, 3.63) is 166 Å². The Balaban J connectivity index is 1.43. The molecule has 2 aromatic heterocycles. The van der Waals surface area contributed by atoms with Crippen molar-refractivity contribution in [2.45, 2.75) is 164 Å². The molecule has 8 aromatic rings. The van der Waals surface area contributed by atoms with E-state index in [-0.39, 0.29) is 33.3 Å². The molecule has 0 unspecified atom stereocenters. The molecule has 0 atom stereocenters.